The quantitative estimate of drug-likeness (QED) is 0.593. The summed E-state index contributed by atoms with van der Waals surface area (Å²) in [6.45, 7) is 4.25. The van der Waals surface area contributed by atoms with Gasteiger partial charge >= 0.3 is 5.97 Å². The fourth-order valence-electron chi connectivity index (χ4n) is 1.49. The van der Waals surface area contributed by atoms with E-state index < -0.39 is 17.9 Å². The Bertz CT molecular complexity index is 508. The van der Waals surface area contributed by atoms with Crippen molar-refractivity contribution in [1.29, 1.82) is 0 Å². The maximum Gasteiger partial charge on any atom is 0.332 e. The van der Waals surface area contributed by atoms with Crippen LogP contribution in [0.3, 0.4) is 0 Å². The second kappa shape index (κ2) is 8.49. The standard InChI is InChI=1S/C14H19ClN2O4/c1-3-7-21-11-6-5-9(15)8-10(11)17-13(18)12(16)14(19)20-4-2/h5-6,8,12H,3-4,7,16H2,1-2H3,(H,17,18). The topological polar surface area (TPSA) is 90.6 Å². The molecule has 0 fully saturated rings. The number of hydrogen-bond acceptors (Lipinski definition) is 5. The van der Waals surface area contributed by atoms with Crippen molar-refractivity contribution in [3.63, 3.8) is 0 Å². The Morgan fingerprint density at radius 2 is 2.10 bits per heavy atom. The molecule has 0 aromatic heterocycles. The van der Waals surface area contributed by atoms with E-state index in [0.29, 0.717) is 23.1 Å². The SMILES string of the molecule is CCCOc1ccc(Cl)cc1NC(=O)C(N)C(=O)OCC. The maximum atomic E-state index is 11.9. The van der Waals surface area contributed by atoms with Crippen LogP contribution in [0, 0.1) is 0 Å². The van der Waals surface area contributed by atoms with Gasteiger partial charge in [-0.05, 0) is 31.5 Å². The molecule has 3 N–H and O–H groups in total. The van der Waals surface area contributed by atoms with Gasteiger partial charge in [-0.3, -0.25) is 4.79 Å². The first-order valence-electron chi connectivity index (χ1n) is 6.65. The highest BCUT2D eigenvalue weighted by molar-refractivity contribution is 6.31. The minimum Gasteiger partial charge on any atom is -0.491 e. The first-order chi connectivity index (χ1) is 9.99. The summed E-state index contributed by atoms with van der Waals surface area (Å²) in [7, 11) is 0. The molecule has 6 nitrogen and oxygen atoms in total. The minimum absolute atomic E-state index is 0.155. The van der Waals surface area contributed by atoms with Crippen LogP contribution in [0.2, 0.25) is 5.02 Å². The molecule has 1 atom stereocenters. The molecule has 1 amide bonds. The van der Waals surface area contributed by atoms with Gasteiger partial charge in [0.15, 0.2) is 6.04 Å². The van der Waals surface area contributed by atoms with Crippen LogP contribution in [0.15, 0.2) is 18.2 Å². The third-order valence-electron chi connectivity index (χ3n) is 2.48. The third kappa shape index (κ3) is 5.24. The molecule has 1 rings (SSSR count). The summed E-state index contributed by atoms with van der Waals surface area (Å²) in [4.78, 5) is 23.4. The van der Waals surface area contributed by atoms with E-state index in [9.17, 15) is 9.59 Å². The maximum absolute atomic E-state index is 11.9. The Morgan fingerprint density at radius 1 is 1.38 bits per heavy atom. The van der Waals surface area contributed by atoms with E-state index in [1.54, 1.807) is 19.1 Å². The van der Waals surface area contributed by atoms with Crippen LogP contribution in [0.25, 0.3) is 0 Å². The van der Waals surface area contributed by atoms with Gasteiger partial charge in [0.2, 0.25) is 0 Å². The molecule has 116 valence electrons. The summed E-state index contributed by atoms with van der Waals surface area (Å²) >= 11 is 5.90. The molecule has 0 spiro atoms. The molecule has 0 bridgehead atoms. The molecule has 1 unspecified atom stereocenters. The van der Waals surface area contributed by atoms with E-state index in [2.05, 4.69) is 5.32 Å². The number of halogens is 1. The number of nitrogens with two attached hydrogens (primary N) is 1. The van der Waals surface area contributed by atoms with Crippen LogP contribution in [0.1, 0.15) is 20.3 Å². The van der Waals surface area contributed by atoms with Gasteiger partial charge in [-0.1, -0.05) is 18.5 Å². The second-order valence-electron chi connectivity index (χ2n) is 4.21. The lowest BCUT2D eigenvalue weighted by Gasteiger charge is -2.15. The Labute approximate surface area is 128 Å². The summed E-state index contributed by atoms with van der Waals surface area (Å²) in [6, 6.07) is 3.42. The van der Waals surface area contributed by atoms with Crippen molar-refractivity contribution in [3.8, 4) is 5.75 Å². The van der Waals surface area contributed by atoms with Crippen molar-refractivity contribution in [3.05, 3.63) is 23.2 Å². The Morgan fingerprint density at radius 3 is 2.71 bits per heavy atom. The largest absolute Gasteiger partial charge is 0.491 e. The van der Waals surface area contributed by atoms with E-state index in [1.807, 2.05) is 6.92 Å². The summed E-state index contributed by atoms with van der Waals surface area (Å²) in [5.41, 5.74) is 5.88. The summed E-state index contributed by atoms with van der Waals surface area (Å²) in [6.07, 6.45) is 0.818. The number of rotatable bonds is 7. The van der Waals surface area contributed by atoms with Crippen LogP contribution in [-0.2, 0) is 14.3 Å². The lowest BCUT2D eigenvalue weighted by Crippen LogP contribution is -2.43. The molecule has 0 aliphatic carbocycles. The molecule has 0 aliphatic rings. The number of esters is 1. The molecule has 0 radical (unpaired) electrons. The monoisotopic (exact) mass is 314 g/mol. The summed E-state index contributed by atoms with van der Waals surface area (Å²) in [5.74, 6) is -1.00. The zero-order chi connectivity index (χ0) is 15.8. The Kier molecular flexibility index (Phi) is 6.98. The number of amides is 1. The average molecular weight is 315 g/mol. The van der Waals surface area contributed by atoms with Gasteiger partial charge in [0.05, 0.1) is 18.9 Å². The van der Waals surface area contributed by atoms with E-state index in [1.165, 1.54) is 6.07 Å². The second-order valence-corrected chi connectivity index (χ2v) is 4.64. The predicted molar refractivity (Wildman–Crippen MR) is 80.5 cm³/mol. The lowest BCUT2D eigenvalue weighted by molar-refractivity contribution is -0.146. The van der Waals surface area contributed by atoms with E-state index >= 15 is 0 Å². The average Bonchev–Trinajstić information content (AvgIpc) is 2.45. The van der Waals surface area contributed by atoms with Gasteiger partial charge < -0.3 is 20.5 Å². The number of benzene rings is 1. The van der Waals surface area contributed by atoms with Crippen molar-refractivity contribution in [1.82, 2.24) is 0 Å². The number of carbonyl (C=O) groups excluding carboxylic acids is 2. The van der Waals surface area contributed by atoms with Gasteiger partial charge in [-0.25, -0.2) is 4.79 Å². The molecular formula is C14H19ClN2O4. The van der Waals surface area contributed by atoms with Crippen LogP contribution < -0.4 is 15.8 Å². The van der Waals surface area contributed by atoms with Gasteiger partial charge in [-0.15, -0.1) is 0 Å². The first-order valence-corrected chi connectivity index (χ1v) is 7.02. The molecule has 7 heteroatoms. The number of anilines is 1. The normalized spacial score (nSPS) is 11.6. The van der Waals surface area contributed by atoms with Crippen LogP contribution in [-0.4, -0.2) is 31.1 Å². The lowest BCUT2D eigenvalue weighted by atomic mass is 10.2. The van der Waals surface area contributed by atoms with Gasteiger partial charge in [0.1, 0.15) is 5.75 Å². The van der Waals surface area contributed by atoms with Crippen molar-refractivity contribution in [2.45, 2.75) is 26.3 Å². The summed E-state index contributed by atoms with van der Waals surface area (Å²) < 4.78 is 10.2. The molecule has 1 aromatic carbocycles. The van der Waals surface area contributed by atoms with Gasteiger partial charge in [-0.2, -0.15) is 0 Å². The van der Waals surface area contributed by atoms with Crippen LogP contribution in [0.4, 0.5) is 5.69 Å². The molecule has 21 heavy (non-hydrogen) atoms. The zero-order valence-corrected chi connectivity index (χ0v) is 12.8. The highest BCUT2D eigenvalue weighted by atomic mass is 35.5. The number of hydrogen-bond donors (Lipinski definition) is 2. The Hall–Kier alpha value is -1.79. The fraction of sp³-hybridized carbons (Fsp3) is 0.429. The van der Waals surface area contributed by atoms with Crippen molar-refractivity contribution in [2.75, 3.05) is 18.5 Å². The van der Waals surface area contributed by atoms with E-state index in [4.69, 9.17) is 26.8 Å². The number of carbonyl (C=O) groups is 2. The van der Waals surface area contributed by atoms with Crippen LogP contribution in [0.5, 0.6) is 5.75 Å². The highest BCUT2D eigenvalue weighted by Gasteiger charge is 2.24. The van der Waals surface area contributed by atoms with Gasteiger partial charge in [0.25, 0.3) is 5.91 Å². The van der Waals surface area contributed by atoms with Crippen molar-refractivity contribution >= 4 is 29.2 Å². The van der Waals surface area contributed by atoms with Crippen molar-refractivity contribution < 1.29 is 19.1 Å². The van der Waals surface area contributed by atoms with E-state index in [-0.39, 0.29) is 6.61 Å². The smallest absolute Gasteiger partial charge is 0.332 e. The van der Waals surface area contributed by atoms with Gasteiger partial charge in [0, 0.05) is 5.02 Å². The molecular weight excluding hydrogens is 296 g/mol. The predicted octanol–water partition coefficient (Wildman–Crippen LogP) is 1.96. The number of ether oxygens (including phenoxy) is 2. The van der Waals surface area contributed by atoms with Crippen LogP contribution >= 0.6 is 11.6 Å². The molecule has 0 saturated carbocycles. The minimum atomic E-state index is -1.40. The number of nitrogens with one attached hydrogen (secondary N) is 1. The summed E-state index contributed by atoms with van der Waals surface area (Å²) in [5, 5.41) is 2.95. The molecule has 0 aliphatic heterocycles. The molecule has 0 saturated heterocycles. The van der Waals surface area contributed by atoms with E-state index in [0.717, 1.165) is 6.42 Å². The first kappa shape index (κ1) is 17.3. The fourth-order valence-corrected chi connectivity index (χ4v) is 1.66. The zero-order valence-electron chi connectivity index (χ0n) is 12.0. The van der Waals surface area contributed by atoms with Crippen molar-refractivity contribution in [2.24, 2.45) is 5.73 Å². The molecule has 1 aromatic rings. The Balaban J connectivity index is 2.83. The third-order valence-corrected chi connectivity index (χ3v) is 2.72. The molecule has 0 heterocycles. The highest BCUT2D eigenvalue weighted by Crippen LogP contribution is 2.28.